The fourth-order valence-corrected chi connectivity index (χ4v) is 3.30. The average molecular weight is 396 g/mol. The zero-order valence-electron chi connectivity index (χ0n) is 14.1. The molecule has 3 rings (SSSR count). The van der Waals surface area contributed by atoms with E-state index in [0.717, 1.165) is 29.7 Å². The molecule has 0 aliphatic carbocycles. The maximum absolute atomic E-state index is 5.70. The SMILES string of the molecule is NCc1ccc(CN(Cc2cccnc2)Cc2cccc(Br)c2)cc1. The Morgan fingerprint density at radius 2 is 1.48 bits per heavy atom. The van der Waals surface area contributed by atoms with Crippen molar-refractivity contribution in [3.05, 3.63) is 99.8 Å². The van der Waals surface area contributed by atoms with E-state index in [4.69, 9.17) is 5.73 Å². The first-order valence-corrected chi connectivity index (χ1v) is 9.16. The Hall–Kier alpha value is -2.01. The van der Waals surface area contributed by atoms with Crippen LogP contribution in [0.5, 0.6) is 0 Å². The van der Waals surface area contributed by atoms with Crippen LogP contribution in [0.1, 0.15) is 22.3 Å². The predicted molar refractivity (Wildman–Crippen MR) is 106 cm³/mol. The van der Waals surface area contributed by atoms with Crippen molar-refractivity contribution in [3.8, 4) is 0 Å². The van der Waals surface area contributed by atoms with Crippen LogP contribution in [-0.2, 0) is 26.2 Å². The standard InChI is InChI=1S/C21H22BrN3/c22-21-5-1-3-19(11-21)15-25(16-20-4-2-10-24-13-20)14-18-8-6-17(12-23)7-9-18/h1-11,13H,12,14-16,23H2. The number of hydrogen-bond donors (Lipinski definition) is 1. The molecule has 0 aliphatic heterocycles. The van der Waals surface area contributed by atoms with Crippen LogP contribution in [0.3, 0.4) is 0 Å². The molecule has 0 atom stereocenters. The molecule has 0 saturated heterocycles. The molecule has 0 unspecified atom stereocenters. The Labute approximate surface area is 157 Å². The number of halogens is 1. The molecule has 128 valence electrons. The maximum atomic E-state index is 5.70. The Bertz CT molecular complexity index is 788. The first kappa shape index (κ1) is 17.8. The first-order valence-electron chi connectivity index (χ1n) is 8.36. The van der Waals surface area contributed by atoms with Gasteiger partial charge in [-0.1, -0.05) is 58.4 Å². The van der Waals surface area contributed by atoms with E-state index in [0.29, 0.717) is 6.54 Å². The van der Waals surface area contributed by atoms with Crippen LogP contribution in [0.4, 0.5) is 0 Å². The van der Waals surface area contributed by atoms with Crippen LogP contribution < -0.4 is 5.73 Å². The van der Waals surface area contributed by atoms with Gasteiger partial charge in [0.05, 0.1) is 0 Å². The molecule has 1 aromatic heterocycles. The third-order valence-corrected chi connectivity index (χ3v) is 4.58. The number of aromatic nitrogens is 1. The number of nitrogens with two attached hydrogens (primary N) is 1. The van der Waals surface area contributed by atoms with Crippen LogP contribution in [0.2, 0.25) is 0 Å². The molecule has 25 heavy (non-hydrogen) atoms. The van der Waals surface area contributed by atoms with Crippen molar-refractivity contribution in [2.45, 2.75) is 26.2 Å². The molecule has 2 N–H and O–H groups in total. The number of hydrogen-bond acceptors (Lipinski definition) is 3. The lowest BCUT2D eigenvalue weighted by atomic mass is 10.1. The fraction of sp³-hybridized carbons (Fsp3) is 0.190. The van der Waals surface area contributed by atoms with Crippen molar-refractivity contribution in [2.75, 3.05) is 0 Å². The van der Waals surface area contributed by atoms with Gasteiger partial charge < -0.3 is 5.73 Å². The lowest BCUT2D eigenvalue weighted by Gasteiger charge is -2.23. The van der Waals surface area contributed by atoms with Gasteiger partial charge in [0.15, 0.2) is 0 Å². The normalized spacial score (nSPS) is 11.0. The second-order valence-corrected chi connectivity index (χ2v) is 7.07. The quantitative estimate of drug-likeness (QED) is 0.639. The van der Waals surface area contributed by atoms with Gasteiger partial charge in [-0.3, -0.25) is 9.88 Å². The van der Waals surface area contributed by atoms with E-state index < -0.39 is 0 Å². The van der Waals surface area contributed by atoms with Crippen molar-refractivity contribution < 1.29 is 0 Å². The largest absolute Gasteiger partial charge is 0.326 e. The minimum Gasteiger partial charge on any atom is -0.326 e. The summed E-state index contributed by atoms with van der Waals surface area (Å²) in [5.41, 5.74) is 10.7. The topological polar surface area (TPSA) is 42.1 Å². The Kier molecular flexibility index (Phi) is 6.34. The van der Waals surface area contributed by atoms with E-state index in [9.17, 15) is 0 Å². The lowest BCUT2D eigenvalue weighted by molar-refractivity contribution is 0.247. The van der Waals surface area contributed by atoms with Gasteiger partial charge in [0.2, 0.25) is 0 Å². The summed E-state index contributed by atoms with van der Waals surface area (Å²) >= 11 is 3.56. The number of pyridine rings is 1. The summed E-state index contributed by atoms with van der Waals surface area (Å²) in [5, 5.41) is 0. The Morgan fingerprint density at radius 1 is 0.800 bits per heavy atom. The van der Waals surface area contributed by atoms with Crippen LogP contribution >= 0.6 is 15.9 Å². The molecule has 3 aromatic rings. The van der Waals surface area contributed by atoms with E-state index in [1.165, 1.54) is 16.7 Å². The highest BCUT2D eigenvalue weighted by atomic mass is 79.9. The molecule has 2 aromatic carbocycles. The zero-order valence-corrected chi connectivity index (χ0v) is 15.7. The molecule has 0 aliphatic rings. The summed E-state index contributed by atoms with van der Waals surface area (Å²) in [6, 6.07) is 21.1. The number of benzene rings is 2. The van der Waals surface area contributed by atoms with Crippen LogP contribution in [-0.4, -0.2) is 9.88 Å². The molecule has 0 fully saturated rings. The van der Waals surface area contributed by atoms with Gasteiger partial charge in [0.1, 0.15) is 0 Å². The fourth-order valence-electron chi connectivity index (χ4n) is 2.85. The van der Waals surface area contributed by atoms with Gasteiger partial charge in [-0.25, -0.2) is 0 Å². The van der Waals surface area contributed by atoms with E-state index in [1.807, 2.05) is 18.5 Å². The third kappa shape index (κ3) is 5.49. The maximum Gasteiger partial charge on any atom is 0.0312 e. The molecule has 0 spiro atoms. The zero-order chi connectivity index (χ0) is 17.5. The summed E-state index contributed by atoms with van der Waals surface area (Å²) in [4.78, 5) is 6.67. The van der Waals surface area contributed by atoms with Crippen molar-refractivity contribution in [1.82, 2.24) is 9.88 Å². The summed E-state index contributed by atoms with van der Waals surface area (Å²) in [7, 11) is 0. The molecule has 4 heteroatoms. The lowest BCUT2D eigenvalue weighted by Crippen LogP contribution is -2.22. The highest BCUT2D eigenvalue weighted by Crippen LogP contribution is 2.17. The molecule has 0 radical (unpaired) electrons. The highest BCUT2D eigenvalue weighted by molar-refractivity contribution is 9.10. The van der Waals surface area contributed by atoms with E-state index in [2.05, 4.69) is 80.4 Å². The van der Waals surface area contributed by atoms with Crippen LogP contribution in [0.25, 0.3) is 0 Å². The molecular formula is C21H22BrN3. The molecule has 0 saturated carbocycles. The van der Waals surface area contributed by atoms with Gasteiger partial charge in [0, 0.05) is 43.0 Å². The summed E-state index contributed by atoms with van der Waals surface area (Å²) in [5.74, 6) is 0. The highest BCUT2D eigenvalue weighted by Gasteiger charge is 2.09. The summed E-state index contributed by atoms with van der Waals surface area (Å²) in [6.07, 6.45) is 3.75. The van der Waals surface area contributed by atoms with E-state index in [-0.39, 0.29) is 0 Å². The van der Waals surface area contributed by atoms with Gasteiger partial charge in [-0.2, -0.15) is 0 Å². The second kappa shape index (κ2) is 8.90. The number of nitrogens with zero attached hydrogens (tertiary/aromatic N) is 2. The van der Waals surface area contributed by atoms with Crippen LogP contribution in [0.15, 0.2) is 77.5 Å². The van der Waals surface area contributed by atoms with E-state index in [1.54, 1.807) is 0 Å². The molecule has 0 bridgehead atoms. The Morgan fingerprint density at radius 3 is 2.16 bits per heavy atom. The minimum absolute atomic E-state index is 0.581. The second-order valence-electron chi connectivity index (χ2n) is 6.16. The van der Waals surface area contributed by atoms with Crippen molar-refractivity contribution in [1.29, 1.82) is 0 Å². The predicted octanol–water partition coefficient (Wildman–Crippen LogP) is 4.51. The van der Waals surface area contributed by atoms with E-state index >= 15 is 0 Å². The van der Waals surface area contributed by atoms with Gasteiger partial charge >= 0.3 is 0 Å². The average Bonchev–Trinajstić information content (AvgIpc) is 2.63. The van der Waals surface area contributed by atoms with Crippen LogP contribution in [0, 0.1) is 0 Å². The molecule has 0 amide bonds. The van der Waals surface area contributed by atoms with Gasteiger partial charge in [-0.05, 0) is 40.5 Å². The monoisotopic (exact) mass is 395 g/mol. The Balaban J connectivity index is 1.77. The van der Waals surface area contributed by atoms with Gasteiger partial charge in [-0.15, -0.1) is 0 Å². The molecule has 3 nitrogen and oxygen atoms in total. The smallest absolute Gasteiger partial charge is 0.0312 e. The molecule has 1 heterocycles. The van der Waals surface area contributed by atoms with Gasteiger partial charge in [0.25, 0.3) is 0 Å². The molecular weight excluding hydrogens is 374 g/mol. The summed E-state index contributed by atoms with van der Waals surface area (Å²) < 4.78 is 1.11. The number of rotatable bonds is 7. The summed E-state index contributed by atoms with van der Waals surface area (Å²) in [6.45, 7) is 3.20. The van der Waals surface area contributed by atoms with Crippen molar-refractivity contribution in [3.63, 3.8) is 0 Å². The first-order chi connectivity index (χ1) is 12.2. The minimum atomic E-state index is 0.581. The third-order valence-electron chi connectivity index (χ3n) is 4.09. The van der Waals surface area contributed by atoms with Crippen molar-refractivity contribution >= 4 is 15.9 Å². The van der Waals surface area contributed by atoms with Crippen molar-refractivity contribution in [2.24, 2.45) is 5.73 Å².